The van der Waals surface area contributed by atoms with Gasteiger partial charge in [0, 0.05) is 11.6 Å². The number of nitrogens with zero attached hydrogens (tertiary/aromatic N) is 4. The van der Waals surface area contributed by atoms with E-state index in [1.165, 1.54) is 6.33 Å². The Labute approximate surface area is 83.1 Å². The van der Waals surface area contributed by atoms with Crippen molar-refractivity contribution in [2.45, 2.75) is 0 Å². The van der Waals surface area contributed by atoms with Gasteiger partial charge in [0.2, 0.25) is 0 Å². The molecule has 6 heteroatoms. The minimum Gasteiger partial charge on any atom is -0.244 e. The quantitative estimate of drug-likeness (QED) is 0.605. The standard InChI is InChI=1S/C8H4ClN5/c9-5-1-6-8(13-14-12-6)7-4(5)2-10-3-11-7/h1-3H,(H,12,13,14). The van der Waals surface area contributed by atoms with E-state index in [4.69, 9.17) is 11.6 Å². The second-order valence-electron chi connectivity index (χ2n) is 2.83. The number of aromatic nitrogens is 5. The van der Waals surface area contributed by atoms with Crippen LogP contribution in [-0.4, -0.2) is 25.4 Å². The zero-order chi connectivity index (χ0) is 9.54. The monoisotopic (exact) mass is 205 g/mol. The van der Waals surface area contributed by atoms with E-state index in [0.717, 1.165) is 10.9 Å². The first-order valence-electron chi connectivity index (χ1n) is 3.95. The van der Waals surface area contributed by atoms with Gasteiger partial charge in [0.15, 0.2) is 0 Å². The van der Waals surface area contributed by atoms with Gasteiger partial charge in [0.05, 0.1) is 5.02 Å². The minimum atomic E-state index is 0.585. The molecule has 3 aromatic rings. The Morgan fingerprint density at radius 1 is 1.21 bits per heavy atom. The molecule has 3 rings (SSSR count). The van der Waals surface area contributed by atoms with Gasteiger partial charge in [-0.3, -0.25) is 0 Å². The smallest absolute Gasteiger partial charge is 0.139 e. The molecule has 0 aliphatic carbocycles. The van der Waals surface area contributed by atoms with Gasteiger partial charge in [-0.05, 0) is 6.07 Å². The summed E-state index contributed by atoms with van der Waals surface area (Å²) in [6.07, 6.45) is 3.13. The zero-order valence-corrected chi connectivity index (χ0v) is 7.65. The summed E-state index contributed by atoms with van der Waals surface area (Å²) in [4.78, 5) is 8.04. The molecule has 0 spiro atoms. The van der Waals surface area contributed by atoms with Crippen molar-refractivity contribution >= 4 is 33.5 Å². The molecule has 1 aromatic carbocycles. The number of rotatable bonds is 0. The van der Waals surface area contributed by atoms with E-state index >= 15 is 0 Å². The van der Waals surface area contributed by atoms with Gasteiger partial charge in [-0.25, -0.2) is 9.97 Å². The number of aromatic amines is 1. The van der Waals surface area contributed by atoms with Crippen LogP contribution in [-0.2, 0) is 0 Å². The van der Waals surface area contributed by atoms with Crippen molar-refractivity contribution in [3.63, 3.8) is 0 Å². The fourth-order valence-electron chi connectivity index (χ4n) is 1.40. The SMILES string of the molecule is Clc1cc2n[nH]nc2c2ncncc12. The van der Waals surface area contributed by atoms with Crippen molar-refractivity contribution in [2.24, 2.45) is 0 Å². The molecule has 0 amide bonds. The number of hydrogen-bond donors (Lipinski definition) is 1. The molecule has 14 heavy (non-hydrogen) atoms. The van der Waals surface area contributed by atoms with E-state index in [-0.39, 0.29) is 0 Å². The molecule has 0 fully saturated rings. The molecule has 0 radical (unpaired) electrons. The number of hydrogen-bond acceptors (Lipinski definition) is 4. The highest BCUT2D eigenvalue weighted by Gasteiger charge is 2.08. The number of benzene rings is 1. The van der Waals surface area contributed by atoms with E-state index < -0.39 is 0 Å². The molecular formula is C8H4ClN5. The Hall–Kier alpha value is -1.75. The van der Waals surface area contributed by atoms with Crippen LogP contribution in [0.15, 0.2) is 18.6 Å². The highest BCUT2D eigenvalue weighted by Crippen LogP contribution is 2.26. The molecule has 0 aliphatic rings. The molecule has 0 unspecified atom stereocenters. The van der Waals surface area contributed by atoms with Crippen molar-refractivity contribution in [1.82, 2.24) is 25.4 Å². The second-order valence-corrected chi connectivity index (χ2v) is 3.24. The summed E-state index contributed by atoms with van der Waals surface area (Å²) in [7, 11) is 0. The van der Waals surface area contributed by atoms with Crippen LogP contribution >= 0.6 is 11.6 Å². The fraction of sp³-hybridized carbons (Fsp3) is 0. The summed E-state index contributed by atoms with van der Waals surface area (Å²) in [5.74, 6) is 0. The largest absolute Gasteiger partial charge is 0.244 e. The van der Waals surface area contributed by atoms with Crippen molar-refractivity contribution < 1.29 is 0 Å². The molecule has 5 nitrogen and oxygen atoms in total. The van der Waals surface area contributed by atoms with Gasteiger partial charge in [-0.2, -0.15) is 15.4 Å². The van der Waals surface area contributed by atoms with Gasteiger partial charge in [0.1, 0.15) is 22.9 Å². The van der Waals surface area contributed by atoms with Crippen LogP contribution in [0.5, 0.6) is 0 Å². The van der Waals surface area contributed by atoms with Gasteiger partial charge in [-0.15, -0.1) is 0 Å². The highest BCUT2D eigenvalue weighted by atomic mass is 35.5. The Morgan fingerprint density at radius 3 is 3.07 bits per heavy atom. The summed E-state index contributed by atoms with van der Waals surface area (Å²) in [6.45, 7) is 0. The minimum absolute atomic E-state index is 0.585. The lowest BCUT2D eigenvalue weighted by atomic mass is 10.2. The Morgan fingerprint density at radius 2 is 2.14 bits per heavy atom. The van der Waals surface area contributed by atoms with Crippen LogP contribution in [0.2, 0.25) is 5.02 Å². The summed E-state index contributed by atoms with van der Waals surface area (Å²) in [6, 6.07) is 1.74. The zero-order valence-electron chi connectivity index (χ0n) is 6.90. The predicted octanol–water partition coefficient (Wildman–Crippen LogP) is 1.55. The average Bonchev–Trinajstić information content (AvgIpc) is 2.66. The predicted molar refractivity (Wildman–Crippen MR) is 52.0 cm³/mol. The average molecular weight is 206 g/mol. The molecule has 1 N–H and O–H groups in total. The summed E-state index contributed by atoms with van der Waals surface area (Å²) in [5, 5.41) is 11.9. The van der Waals surface area contributed by atoms with Crippen LogP contribution in [0, 0.1) is 0 Å². The molecule has 68 valence electrons. The Balaban J connectivity index is 2.67. The van der Waals surface area contributed by atoms with Crippen molar-refractivity contribution in [2.75, 3.05) is 0 Å². The third-order valence-electron chi connectivity index (χ3n) is 2.03. The third kappa shape index (κ3) is 0.898. The van der Waals surface area contributed by atoms with E-state index in [0.29, 0.717) is 16.1 Å². The van der Waals surface area contributed by atoms with Gasteiger partial charge in [-0.1, -0.05) is 11.6 Å². The number of H-pyrrole nitrogens is 1. The molecule has 0 bridgehead atoms. The maximum absolute atomic E-state index is 6.03. The van der Waals surface area contributed by atoms with Crippen LogP contribution in [0.1, 0.15) is 0 Å². The van der Waals surface area contributed by atoms with E-state index in [9.17, 15) is 0 Å². The summed E-state index contributed by atoms with van der Waals surface area (Å²) >= 11 is 6.03. The molecule has 2 aromatic heterocycles. The molecular weight excluding hydrogens is 202 g/mol. The first-order valence-corrected chi connectivity index (χ1v) is 4.33. The number of halogens is 1. The first-order chi connectivity index (χ1) is 6.86. The topological polar surface area (TPSA) is 67.3 Å². The molecule has 0 atom stereocenters. The van der Waals surface area contributed by atoms with Crippen LogP contribution in [0.4, 0.5) is 0 Å². The molecule has 0 saturated heterocycles. The van der Waals surface area contributed by atoms with E-state index in [1.54, 1.807) is 12.3 Å². The summed E-state index contributed by atoms with van der Waals surface area (Å²) < 4.78 is 0. The van der Waals surface area contributed by atoms with Gasteiger partial charge in [0.25, 0.3) is 0 Å². The van der Waals surface area contributed by atoms with Crippen molar-refractivity contribution in [3.8, 4) is 0 Å². The lowest BCUT2D eigenvalue weighted by molar-refractivity contribution is 0.960. The first kappa shape index (κ1) is 7.64. The fourth-order valence-corrected chi connectivity index (χ4v) is 1.65. The highest BCUT2D eigenvalue weighted by molar-refractivity contribution is 6.36. The van der Waals surface area contributed by atoms with E-state index in [1.807, 2.05) is 0 Å². The Kier molecular flexibility index (Phi) is 1.43. The third-order valence-corrected chi connectivity index (χ3v) is 2.34. The van der Waals surface area contributed by atoms with Gasteiger partial charge >= 0.3 is 0 Å². The van der Waals surface area contributed by atoms with Crippen LogP contribution in [0.25, 0.3) is 21.9 Å². The Bertz CT molecular complexity index is 617. The molecule has 0 aliphatic heterocycles. The van der Waals surface area contributed by atoms with Crippen molar-refractivity contribution in [3.05, 3.63) is 23.6 Å². The second kappa shape index (κ2) is 2.62. The maximum Gasteiger partial charge on any atom is 0.139 e. The molecule has 0 saturated carbocycles. The normalized spacial score (nSPS) is 11.2. The number of nitrogens with one attached hydrogen (secondary N) is 1. The lowest BCUT2D eigenvalue weighted by Gasteiger charge is -1.97. The van der Waals surface area contributed by atoms with Gasteiger partial charge < -0.3 is 0 Å². The van der Waals surface area contributed by atoms with Crippen LogP contribution < -0.4 is 0 Å². The lowest BCUT2D eigenvalue weighted by Crippen LogP contribution is -1.84. The van der Waals surface area contributed by atoms with Crippen molar-refractivity contribution in [1.29, 1.82) is 0 Å². The summed E-state index contributed by atoms with van der Waals surface area (Å²) in [5.41, 5.74) is 2.14. The van der Waals surface area contributed by atoms with Crippen LogP contribution in [0.3, 0.4) is 0 Å². The maximum atomic E-state index is 6.03. The molecule has 2 heterocycles. The van der Waals surface area contributed by atoms with E-state index in [2.05, 4.69) is 25.4 Å². The number of fused-ring (bicyclic) bond motifs is 3.